The summed E-state index contributed by atoms with van der Waals surface area (Å²) in [5, 5.41) is 0. The minimum atomic E-state index is -0.513. The van der Waals surface area contributed by atoms with Gasteiger partial charge in [-0.25, -0.2) is 0 Å². The maximum atomic E-state index is 13.8. The second-order valence-corrected chi connectivity index (χ2v) is 20.1. The molecular formula is C50H100O4. The molecule has 0 radical (unpaired) electrons. The van der Waals surface area contributed by atoms with E-state index < -0.39 is 5.41 Å². The standard InChI is InChI=1S/C50H100O4/c1-12-14-16-18-20-22-24-26-28-30-32-34-36-38-45(39-37-35-33-31-29-27-25-23-21-19-17-15-13-2)54-46(51)48(5,6)44-47(3,4)40-41-50(9,10)53-43-42-49(7,8)52-11/h45H,12-44H2,1-11H3. The van der Waals surface area contributed by atoms with E-state index in [1.807, 2.05) is 0 Å². The lowest BCUT2D eigenvalue weighted by Crippen LogP contribution is -2.36. The molecule has 0 N–H and O–H groups in total. The van der Waals surface area contributed by atoms with Gasteiger partial charge in [0.15, 0.2) is 0 Å². The Hall–Kier alpha value is -0.610. The van der Waals surface area contributed by atoms with E-state index in [1.165, 1.54) is 167 Å². The molecule has 0 saturated heterocycles. The van der Waals surface area contributed by atoms with Crippen LogP contribution in [0.4, 0.5) is 0 Å². The second kappa shape index (κ2) is 32.4. The van der Waals surface area contributed by atoms with Crippen molar-refractivity contribution in [2.24, 2.45) is 10.8 Å². The molecule has 0 bridgehead atoms. The number of esters is 1. The normalized spacial score (nSPS) is 13.0. The third-order valence-corrected chi connectivity index (χ3v) is 12.2. The van der Waals surface area contributed by atoms with Crippen LogP contribution < -0.4 is 0 Å². The minimum absolute atomic E-state index is 0.00210. The van der Waals surface area contributed by atoms with Crippen LogP contribution in [0.2, 0.25) is 0 Å². The summed E-state index contributed by atoms with van der Waals surface area (Å²) in [6.45, 7) is 22.7. The Morgan fingerprint density at radius 2 is 0.815 bits per heavy atom. The van der Waals surface area contributed by atoms with E-state index in [9.17, 15) is 4.79 Å². The molecule has 0 aliphatic rings. The maximum Gasteiger partial charge on any atom is 0.311 e. The summed E-state index contributed by atoms with van der Waals surface area (Å²) in [5.74, 6) is 0.00210. The van der Waals surface area contributed by atoms with Gasteiger partial charge in [-0.05, 0) is 98.3 Å². The van der Waals surface area contributed by atoms with Crippen molar-refractivity contribution < 1.29 is 19.0 Å². The molecule has 0 fully saturated rings. The van der Waals surface area contributed by atoms with Gasteiger partial charge in [-0.1, -0.05) is 182 Å². The fourth-order valence-electron chi connectivity index (χ4n) is 8.10. The van der Waals surface area contributed by atoms with Crippen LogP contribution in [-0.4, -0.2) is 37.0 Å². The summed E-state index contributed by atoms with van der Waals surface area (Å²) in [7, 11) is 1.77. The van der Waals surface area contributed by atoms with Crippen LogP contribution in [-0.2, 0) is 19.0 Å². The van der Waals surface area contributed by atoms with E-state index >= 15 is 0 Å². The molecule has 0 rings (SSSR count). The van der Waals surface area contributed by atoms with Crippen LogP contribution in [0.15, 0.2) is 0 Å². The Morgan fingerprint density at radius 1 is 0.463 bits per heavy atom. The highest BCUT2D eigenvalue weighted by Crippen LogP contribution is 2.40. The highest BCUT2D eigenvalue weighted by molar-refractivity contribution is 5.76. The first kappa shape index (κ1) is 53.4. The van der Waals surface area contributed by atoms with Crippen molar-refractivity contribution in [3.05, 3.63) is 0 Å². The molecule has 0 aliphatic carbocycles. The van der Waals surface area contributed by atoms with Crippen molar-refractivity contribution >= 4 is 5.97 Å². The molecule has 0 spiro atoms. The van der Waals surface area contributed by atoms with E-state index in [2.05, 4.69) is 69.2 Å². The Kier molecular flexibility index (Phi) is 32.0. The lowest BCUT2D eigenvalue weighted by atomic mass is 9.71. The molecule has 0 aromatic rings. The molecule has 0 aliphatic heterocycles. The summed E-state index contributed by atoms with van der Waals surface area (Å²) in [4.78, 5) is 13.8. The number of rotatable bonds is 40. The topological polar surface area (TPSA) is 44.8 Å². The first-order valence-corrected chi connectivity index (χ1v) is 24.0. The van der Waals surface area contributed by atoms with Crippen molar-refractivity contribution in [3.63, 3.8) is 0 Å². The SMILES string of the molecule is CCCCCCCCCCCCCCCC(CCCCCCCCCCCCCCC)OC(=O)C(C)(C)CC(C)(C)CCC(C)(C)OCCC(C)(C)OC. The smallest absolute Gasteiger partial charge is 0.311 e. The van der Waals surface area contributed by atoms with Gasteiger partial charge in [0.2, 0.25) is 0 Å². The van der Waals surface area contributed by atoms with Gasteiger partial charge in [0, 0.05) is 7.11 Å². The Morgan fingerprint density at radius 3 is 1.17 bits per heavy atom. The van der Waals surface area contributed by atoms with Gasteiger partial charge in [-0.3, -0.25) is 4.79 Å². The lowest BCUT2D eigenvalue weighted by molar-refractivity contribution is -0.162. The Bertz CT molecular complexity index is 814. The third-order valence-electron chi connectivity index (χ3n) is 12.2. The molecule has 4 heteroatoms. The van der Waals surface area contributed by atoms with Gasteiger partial charge in [-0.15, -0.1) is 0 Å². The molecule has 0 saturated carbocycles. The van der Waals surface area contributed by atoms with E-state index in [0.29, 0.717) is 6.61 Å². The van der Waals surface area contributed by atoms with Crippen molar-refractivity contribution in [1.82, 2.24) is 0 Å². The maximum absolute atomic E-state index is 13.8. The number of ether oxygens (including phenoxy) is 3. The average molecular weight is 765 g/mol. The van der Waals surface area contributed by atoms with Crippen molar-refractivity contribution in [2.75, 3.05) is 13.7 Å². The van der Waals surface area contributed by atoms with Crippen molar-refractivity contribution in [1.29, 1.82) is 0 Å². The molecule has 0 unspecified atom stereocenters. The van der Waals surface area contributed by atoms with Crippen LogP contribution in [0.3, 0.4) is 0 Å². The highest BCUT2D eigenvalue weighted by atomic mass is 16.5. The first-order valence-electron chi connectivity index (χ1n) is 24.0. The summed E-state index contributed by atoms with van der Waals surface area (Å²) >= 11 is 0. The summed E-state index contributed by atoms with van der Waals surface area (Å²) in [6.07, 6.45) is 41.2. The number of carbonyl (C=O) groups is 1. The van der Waals surface area contributed by atoms with Crippen LogP contribution in [0.1, 0.15) is 275 Å². The van der Waals surface area contributed by atoms with E-state index in [-0.39, 0.29) is 28.7 Å². The molecule has 54 heavy (non-hydrogen) atoms. The predicted octanol–water partition coefficient (Wildman–Crippen LogP) is 16.7. The monoisotopic (exact) mass is 765 g/mol. The number of carbonyl (C=O) groups excluding carboxylic acids is 1. The largest absolute Gasteiger partial charge is 0.462 e. The molecule has 324 valence electrons. The summed E-state index contributed by atoms with van der Waals surface area (Å²) < 4.78 is 18.3. The van der Waals surface area contributed by atoms with Gasteiger partial charge in [0.05, 0.1) is 23.2 Å². The highest BCUT2D eigenvalue weighted by Gasteiger charge is 2.38. The quantitative estimate of drug-likeness (QED) is 0.0460. The summed E-state index contributed by atoms with van der Waals surface area (Å²) in [6, 6.07) is 0. The van der Waals surface area contributed by atoms with E-state index in [1.54, 1.807) is 7.11 Å². The molecular weight excluding hydrogens is 665 g/mol. The molecule has 0 aromatic carbocycles. The number of hydrogen-bond donors (Lipinski definition) is 0. The van der Waals surface area contributed by atoms with Crippen LogP contribution in [0.5, 0.6) is 0 Å². The minimum Gasteiger partial charge on any atom is -0.462 e. The molecule has 0 aromatic heterocycles. The zero-order chi connectivity index (χ0) is 40.6. The van der Waals surface area contributed by atoms with Crippen LogP contribution in [0.25, 0.3) is 0 Å². The fraction of sp³-hybridized carbons (Fsp3) is 0.980. The number of unbranched alkanes of at least 4 members (excludes halogenated alkanes) is 24. The third kappa shape index (κ3) is 32.5. The number of hydrogen-bond acceptors (Lipinski definition) is 4. The van der Waals surface area contributed by atoms with Gasteiger partial charge < -0.3 is 14.2 Å². The Balaban J connectivity index is 4.80. The molecule has 0 heterocycles. The molecule has 0 amide bonds. The molecule has 0 atom stereocenters. The second-order valence-electron chi connectivity index (χ2n) is 20.1. The van der Waals surface area contributed by atoms with Crippen LogP contribution in [0, 0.1) is 10.8 Å². The van der Waals surface area contributed by atoms with Gasteiger partial charge in [-0.2, -0.15) is 0 Å². The number of methoxy groups -OCH3 is 1. The summed E-state index contributed by atoms with van der Waals surface area (Å²) in [5.41, 5.74) is -0.884. The lowest BCUT2D eigenvalue weighted by Gasteiger charge is -2.37. The van der Waals surface area contributed by atoms with E-state index in [4.69, 9.17) is 14.2 Å². The zero-order valence-electron chi connectivity index (χ0n) is 39.0. The zero-order valence-corrected chi connectivity index (χ0v) is 39.0. The van der Waals surface area contributed by atoms with Crippen molar-refractivity contribution in [2.45, 2.75) is 292 Å². The Labute approximate surface area is 340 Å². The van der Waals surface area contributed by atoms with E-state index in [0.717, 1.165) is 38.5 Å². The molecule has 4 nitrogen and oxygen atoms in total. The predicted molar refractivity (Wildman–Crippen MR) is 238 cm³/mol. The van der Waals surface area contributed by atoms with Gasteiger partial charge in [0.25, 0.3) is 0 Å². The van der Waals surface area contributed by atoms with Crippen LogP contribution >= 0.6 is 0 Å². The average Bonchev–Trinajstić information content (AvgIpc) is 3.10. The van der Waals surface area contributed by atoms with Gasteiger partial charge in [0.1, 0.15) is 6.10 Å². The van der Waals surface area contributed by atoms with Gasteiger partial charge >= 0.3 is 5.97 Å². The fourth-order valence-corrected chi connectivity index (χ4v) is 8.10. The first-order chi connectivity index (χ1) is 25.6. The van der Waals surface area contributed by atoms with Crippen molar-refractivity contribution in [3.8, 4) is 0 Å².